The predicted molar refractivity (Wildman–Crippen MR) is 87.5 cm³/mol. The predicted octanol–water partition coefficient (Wildman–Crippen LogP) is 2.39. The van der Waals surface area contributed by atoms with E-state index in [1.54, 1.807) is 0 Å². The maximum atomic E-state index is 11.5. The van der Waals surface area contributed by atoms with Crippen LogP contribution in [-0.2, 0) is 10.8 Å². The minimum atomic E-state index is -0.681. The van der Waals surface area contributed by atoms with Gasteiger partial charge in [-0.05, 0) is 38.6 Å². The molecule has 1 aliphatic carbocycles. The lowest BCUT2D eigenvalue weighted by atomic mass is 9.82. The second-order valence-electron chi connectivity index (χ2n) is 6.85. The Kier molecular flexibility index (Phi) is 6.50. The summed E-state index contributed by atoms with van der Waals surface area (Å²) in [7, 11) is -0.681. The zero-order valence-corrected chi connectivity index (χ0v) is 14.3. The van der Waals surface area contributed by atoms with Crippen LogP contribution in [-0.4, -0.2) is 52.3 Å². The lowest BCUT2D eigenvalue weighted by Crippen LogP contribution is -2.58. The van der Waals surface area contributed by atoms with E-state index in [1.165, 1.54) is 38.6 Å². The summed E-state index contributed by atoms with van der Waals surface area (Å²) in [6.45, 7) is 7.84. The van der Waals surface area contributed by atoms with Crippen molar-refractivity contribution in [2.75, 3.05) is 25.9 Å². The maximum Gasteiger partial charge on any atom is 0.0329 e. The maximum absolute atomic E-state index is 11.5. The molecule has 0 bridgehead atoms. The summed E-state index contributed by atoms with van der Waals surface area (Å²) in [5, 5.41) is 4.10. The van der Waals surface area contributed by atoms with Crippen molar-refractivity contribution in [2.24, 2.45) is 5.92 Å². The number of hydrogen-bond donors (Lipinski definition) is 1. The van der Waals surface area contributed by atoms with Crippen LogP contribution < -0.4 is 5.32 Å². The van der Waals surface area contributed by atoms with Gasteiger partial charge >= 0.3 is 0 Å². The summed E-state index contributed by atoms with van der Waals surface area (Å²) in [6, 6.07) is 1.31. The molecule has 0 aromatic heterocycles. The van der Waals surface area contributed by atoms with Crippen LogP contribution in [0.5, 0.6) is 0 Å². The van der Waals surface area contributed by atoms with Crippen molar-refractivity contribution < 1.29 is 4.21 Å². The number of rotatable bonds is 5. The van der Waals surface area contributed by atoms with Crippen LogP contribution in [0, 0.1) is 5.92 Å². The highest BCUT2D eigenvalue weighted by atomic mass is 32.2. The van der Waals surface area contributed by atoms with E-state index >= 15 is 0 Å². The summed E-state index contributed by atoms with van der Waals surface area (Å²) < 4.78 is 11.5. The van der Waals surface area contributed by atoms with Crippen molar-refractivity contribution in [1.82, 2.24) is 10.2 Å². The van der Waals surface area contributed by atoms with E-state index in [1.807, 2.05) is 6.26 Å². The van der Waals surface area contributed by atoms with Gasteiger partial charge in [0.25, 0.3) is 0 Å². The molecule has 0 aromatic carbocycles. The molecule has 20 heavy (non-hydrogen) atoms. The quantitative estimate of drug-likeness (QED) is 0.846. The molecule has 4 unspecified atom stereocenters. The number of hydrogen-bond acceptors (Lipinski definition) is 3. The van der Waals surface area contributed by atoms with Gasteiger partial charge in [-0.2, -0.15) is 0 Å². The van der Waals surface area contributed by atoms with Crippen LogP contribution in [0.1, 0.15) is 52.4 Å². The Morgan fingerprint density at radius 2 is 2.00 bits per heavy atom. The third-order valence-electron chi connectivity index (χ3n) is 5.34. The average Bonchev–Trinajstić information content (AvgIpc) is 2.47. The Morgan fingerprint density at radius 1 is 1.30 bits per heavy atom. The molecule has 2 rings (SSSR count). The second-order valence-corrected chi connectivity index (χ2v) is 8.66. The van der Waals surface area contributed by atoms with Gasteiger partial charge in [0.1, 0.15) is 0 Å². The standard InChI is InChI=1S/C16H32N2OS/c1-13-11-17-16(15-7-5-4-6-8-15)12-18(13)10-9-14(2)20(3)19/h13-17H,4-12H2,1-3H3. The fourth-order valence-electron chi connectivity index (χ4n) is 3.63. The zero-order valence-electron chi connectivity index (χ0n) is 13.4. The first kappa shape index (κ1) is 16.4. The fraction of sp³-hybridized carbons (Fsp3) is 1.00. The third kappa shape index (κ3) is 4.54. The van der Waals surface area contributed by atoms with Crippen LogP contribution in [0.25, 0.3) is 0 Å². The molecule has 1 saturated carbocycles. The summed E-state index contributed by atoms with van der Waals surface area (Å²) in [4.78, 5) is 2.62. The van der Waals surface area contributed by atoms with Crippen molar-refractivity contribution in [3.05, 3.63) is 0 Å². The van der Waals surface area contributed by atoms with Gasteiger partial charge in [0.05, 0.1) is 0 Å². The summed E-state index contributed by atoms with van der Waals surface area (Å²) in [5.74, 6) is 0.886. The lowest BCUT2D eigenvalue weighted by Gasteiger charge is -2.43. The van der Waals surface area contributed by atoms with E-state index in [0.29, 0.717) is 17.3 Å². The minimum Gasteiger partial charge on any atom is -0.311 e. The van der Waals surface area contributed by atoms with Crippen LogP contribution in [0.15, 0.2) is 0 Å². The van der Waals surface area contributed by atoms with Gasteiger partial charge in [0.2, 0.25) is 0 Å². The van der Waals surface area contributed by atoms with E-state index in [0.717, 1.165) is 25.4 Å². The Balaban J connectivity index is 1.82. The topological polar surface area (TPSA) is 32.3 Å². The number of nitrogens with one attached hydrogen (secondary N) is 1. The lowest BCUT2D eigenvalue weighted by molar-refractivity contribution is 0.103. The Hall–Kier alpha value is 0.0700. The van der Waals surface area contributed by atoms with Gasteiger partial charge in [0, 0.05) is 47.5 Å². The van der Waals surface area contributed by atoms with Crippen molar-refractivity contribution in [3.63, 3.8) is 0 Å². The molecule has 1 N–H and O–H groups in total. The van der Waals surface area contributed by atoms with Gasteiger partial charge in [-0.1, -0.05) is 26.2 Å². The molecule has 118 valence electrons. The molecule has 3 nitrogen and oxygen atoms in total. The van der Waals surface area contributed by atoms with Crippen LogP contribution in [0.2, 0.25) is 0 Å². The SMILES string of the molecule is CC1CNC(C2CCCCC2)CN1CCC(C)S(C)=O. The van der Waals surface area contributed by atoms with Crippen molar-refractivity contribution in [2.45, 2.75) is 69.7 Å². The molecule has 0 amide bonds. The van der Waals surface area contributed by atoms with E-state index in [4.69, 9.17) is 0 Å². The summed E-state index contributed by atoms with van der Waals surface area (Å²) in [5.41, 5.74) is 0. The molecular weight excluding hydrogens is 268 g/mol. The van der Waals surface area contributed by atoms with Crippen LogP contribution >= 0.6 is 0 Å². The number of nitrogens with zero attached hydrogens (tertiary/aromatic N) is 1. The Bertz CT molecular complexity index is 318. The summed E-state index contributed by atoms with van der Waals surface area (Å²) >= 11 is 0. The molecule has 4 heteroatoms. The van der Waals surface area contributed by atoms with Gasteiger partial charge in [-0.3, -0.25) is 9.11 Å². The molecule has 0 aromatic rings. The third-order valence-corrected chi connectivity index (χ3v) is 6.71. The van der Waals surface area contributed by atoms with Crippen LogP contribution in [0.4, 0.5) is 0 Å². The minimum absolute atomic E-state index is 0.324. The van der Waals surface area contributed by atoms with Crippen molar-refractivity contribution in [1.29, 1.82) is 0 Å². The normalized spacial score (nSPS) is 33.0. The van der Waals surface area contributed by atoms with E-state index in [9.17, 15) is 4.21 Å². The molecule has 0 spiro atoms. The van der Waals surface area contributed by atoms with Gasteiger partial charge in [-0.25, -0.2) is 0 Å². The Labute approximate surface area is 127 Å². The second kappa shape index (κ2) is 7.90. The Morgan fingerprint density at radius 3 is 2.65 bits per heavy atom. The van der Waals surface area contributed by atoms with E-state index in [2.05, 4.69) is 24.1 Å². The molecule has 1 saturated heterocycles. The first-order chi connectivity index (χ1) is 9.58. The van der Waals surface area contributed by atoms with Gasteiger partial charge < -0.3 is 5.32 Å². The molecule has 1 heterocycles. The molecular formula is C16H32N2OS. The zero-order chi connectivity index (χ0) is 14.5. The first-order valence-electron chi connectivity index (χ1n) is 8.37. The van der Waals surface area contributed by atoms with Crippen molar-refractivity contribution >= 4 is 10.8 Å². The highest BCUT2D eigenvalue weighted by Crippen LogP contribution is 2.28. The molecule has 2 aliphatic rings. The molecule has 4 atom stereocenters. The first-order valence-corrected chi connectivity index (χ1v) is 9.99. The van der Waals surface area contributed by atoms with Gasteiger partial charge in [-0.15, -0.1) is 0 Å². The largest absolute Gasteiger partial charge is 0.311 e. The smallest absolute Gasteiger partial charge is 0.0329 e. The highest BCUT2D eigenvalue weighted by Gasteiger charge is 2.30. The summed E-state index contributed by atoms with van der Waals surface area (Å²) in [6.07, 6.45) is 9.99. The van der Waals surface area contributed by atoms with E-state index in [-0.39, 0.29) is 0 Å². The van der Waals surface area contributed by atoms with Crippen molar-refractivity contribution in [3.8, 4) is 0 Å². The highest BCUT2D eigenvalue weighted by molar-refractivity contribution is 7.84. The molecule has 2 fully saturated rings. The molecule has 0 radical (unpaired) electrons. The number of piperazine rings is 1. The average molecular weight is 301 g/mol. The fourth-order valence-corrected chi connectivity index (χ4v) is 4.06. The van der Waals surface area contributed by atoms with E-state index < -0.39 is 10.8 Å². The monoisotopic (exact) mass is 300 g/mol. The van der Waals surface area contributed by atoms with Crippen LogP contribution in [0.3, 0.4) is 0 Å². The van der Waals surface area contributed by atoms with Gasteiger partial charge in [0.15, 0.2) is 0 Å². The molecule has 1 aliphatic heterocycles.